The normalized spacial score (nSPS) is 14.4. The number of piperazine rings is 1. The van der Waals surface area contributed by atoms with E-state index < -0.39 is 11.7 Å². The first-order valence-corrected chi connectivity index (χ1v) is 11.2. The molecule has 0 spiro atoms. The van der Waals surface area contributed by atoms with Crippen LogP contribution >= 0.6 is 0 Å². The van der Waals surface area contributed by atoms with E-state index in [4.69, 9.17) is 9.15 Å². The highest BCUT2D eigenvalue weighted by Crippen LogP contribution is 2.32. The Morgan fingerprint density at radius 2 is 1.79 bits per heavy atom. The van der Waals surface area contributed by atoms with Gasteiger partial charge in [0.25, 0.3) is 5.91 Å². The van der Waals surface area contributed by atoms with E-state index in [1.807, 2.05) is 4.90 Å². The molecular weight excluding hydrogens is 451 g/mol. The summed E-state index contributed by atoms with van der Waals surface area (Å²) in [7, 11) is 1.55. The van der Waals surface area contributed by atoms with Crippen LogP contribution in [0.15, 0.2) is 34.7 Å². The first-order valence-electron chi connectivity index (χ1n) is 11.2. The molecule has 0 aliphatic carbocycles. The Labute approximate surface area is 197 Å². The first kappa shape index (κ1) is 25.6. The van der Waals surface area contributed by atoms with Crippen LogP contribution in [0.4, 0.5) is 18.9 Å². The summed E-state index contributed by atoms with van der Waals surface area (Å²) in [5.41, 5.74) is 0.271. The Morgan fingerprint density at radius 1 is 1.09 bits per heavy atom. The maximum Gasteiger partial charge on any atom is 0.416 e. The molecule has 2 amide bonds. The molecule has 186 valence electrons. The van der Waals surface area contributed by atoms with Gasteiger partial charge in [0.05, 0.1) is 17.7 Å². The fourth-order valence-electron chi connectivity index (χ4n) is 4.01. The third kappa shape index (κ3) is 6.31. The quantitative estimate of drug-likeness (QED) is 0.575. The Bertz CT molecular complexity index is 998. The number of aryl methyl sites for hydroxylation is 2. The van der Waals surface area contributed by atoms with E-state index in [-0.39, 0.29) is 24.8 Å². The van der Waals surface area contributed by atoms with E-state index in [9.17, 15) is 22.8 Å². The van der Waals surface area contributed by atoms with Gasteiger partial charge in [0.15, 0.2) is 0 Å². The van der Waals surface area contributed by atoms with Crippen molar-refractivity contribution in [2.75, 3.05) is 57.9 Å². The molecule has 3 rings (SSSR count). The van der Waals surface area contributed by atoms with Crippen LogP contribution in [-0.2, 0) is 15.7 Å². The van der Waals surface area contributed by atoms with Crippen molar-refractivity contribution in [3.05, 3.63) is 53.0 Å². The van der Waals surface area contributed by atoms with E-state index in [0.29, 0.717) is 62.1 Å². The number of furan rings is 1. The molecule has 0 atom stereocenters. The number of hydrogen-bond donors (Lipinski definition) is 0. The summed E-state index contributed by atoms with van der Waals surface area (Å²) in [5, 5.41) is 0. The molecule has 0 unspecified atom stereocenters. The van der Waals surface area contributed by atoms with Crippen LogP contribution in [0, 0.1) is 13.8 Å². The molecule has 0 N–H and O–H groups in total. The lowest BCUT2D eigenvalue weighted by molar-refractivity contribution is -0.137. The van der Waals surface area contributed by atoms with Crippen molar-refractivity contribution in [1.29, 1.82) is 0 Å². The Morgan fingerprint density at radius 3 is 2.38 bits per heavy atom. The Hall–Kier alpha value is -3.01. The zero-order valence-electron chi connectivity index (χ0n) is 19.7. The average Bonchev–Trinajstić information content (AvgIpc) is 3.16. The lowest BCUT2D eigenvalue weighted by atomic mass is 10.1. The highest BCUT2D eigenvalue weighted by atomic mass is 19.4. The Balaban J connectivity index is 1.56. The van der Waals surface area contributed by atoms with E-state index in [1.165, 1.54) is 6.07 Å². The van der Waals surface area contributed by atoms with Crippen LogP contribution < -0.4 is 4.90 Å². The average molecular weight is 482 g/mol. The highest BCUT2D eigenvalue weighted by Gasteiger charge is 2.31. The number of benzene rings is 1. The van der Waals surface area contributed by atoms with Gasteiger partial charge in [-0.25, -0.2) is 0 Å². The number of rotatable bonds is 8. The van der Waals surface area contributed by atoms with Crippen molar-refractivity contribution in [3.63, 3.8) is 0 Å². The predicted octanol–water partition coefficient (Wildman–Crippen LogP) is 3.74. The van der Waals surface area contributed by atoms with Crippen molar-refractivity contribution < 1.29 is 31.9 Å². The van der Waals surface area contributed by atoms with Gasteiger partial charge in [0.1, 0.15) is 11.5 Å². The minimum Gasteiger partial charge on any atom is -0.466 e. The molecule has 1 saturated heterocycles. The number of carbonyl (C=O) groups excluding carboxylic acids is 2. The third-order valence-electron chi connectivity index (χ3n) is 5.89. The second-order valence-corrected chi connectivity index (χ2v) is 8.28. The van der Waals surface area contributed by atoms with Gasteiger partial charge in [0, 0.05) is 58.5 Å². The molecule has 0 radical (unpaired) electrons. The number of methoxy groups -OCH3 is 1. The van der Waals surface area contributed by atoms with Crippen LogP contribution in [0.2, 0.25) is 0 Å². The SMILES string of the molecule is COCCN(CCC(=O)N1CCN(c2cccc(C(F)(F)F)c2)CC1)C(=O)c1cc(C)oc1C. The number of anilines is 1. The lowest BCUT2D eigenvalue weighted by Crippen LogP contribution is -2.49. The summed E-state index contributed by atoms with van der Waals surface area (Å²) in [6.45, 7) is 6.09. The molecule has 2 heterocycles. The van der Waals surface area contributed by atoms with Gasteiger partial charge >= 0.3 is 6.18 Å². The monoisotopic (exact) mass is 481 g/mol. The molecule has 0 saturated carbocycles. The summed E-state index contributed by atoms with van der Waals surface area (Å²) in [5.74, 6) is 0.858. The number of carbonyl (C=O) groups is 2. The fraction of sp³-hybridized carbons (Fsp3) is 0.500. The van der Waals surface area contributed by atoms with Gasteiger partial charge in [-0.3, -0.25) is 9.59 Å². The molecule has 7 nitrogen and oxygen atoms in total. The van der Waals surface area contributed by atoms with Crippen molar-refractivity contribution in [2.24, 2.45) is 0 Å². The van der Waals surface area contributed by atoms with Gasteiger partial charge < -0.3 is 23.9 Å². The summed E-state index contributed by atoms with van der Waals surface area (Å²) in [4.78, 5) is 30.9. The number of amides is 2. The molecule has 2 aromatic rings. The highest BCUT2D eigenvalue weighted by molar-refractivity contribution is 5.95. The maximum absolute atomic E-state index is 13.0. The predicted molar refractivity (Wildman–Crippen MR) is 121 cm³/mol. The first-order chi connectivity index (χ1) is 16.1. The standard InChI is InChI=1S/C24H30F3N3O4/c1-17-15-21(18(2)34-17)23(32)30(13-14-33-3)8-7-22(31)29-11-9-28(10-12-29)20-6-4-5-19(16-20)24(25,26)27/h4-6,15-16H,7-14H2,1-3H3. The molecule has 1 aromatic heterocycles. The van der Waals surface area contributed by atoms with Crippen molar-refractivity contribution >= 4 is 17.5 Å². The minimum atomic E-state index is -4.40. The van der Waals surface area contributed by atoms with Crippen LogP contribution in [-0.4, -0.2) is 74.6 Å². The summed E-state index contributed by atoms with van der Waals surface area (Å²) < 4.78 is 49.6. The smallest absolute Gasteiger partial charge is 0.416 e. The summed E-state index contributed by atoms with van der Waals surface area (Å²) in [6.07, 6.45) is -4.25. The molecule has 1 fully saturated rings. The van der Waals surface area contributed by atoms with E-state index >= 15 is 0 Å². The zero-order valence-corrected chi connectivity index (χ0v) is 19.7. The largest absolute Gasteiger partial charge is 0.466 e. The van der Waals surface area contributed by atoms with Gasteiger partial charge in [-0.1, -0.05) is 6.07 Å². The minimum absolute atomic E-state index is 0.0981. The van der Waals surface area contributed by atoms with Crippen molar-refractivity contribution in [3.8, 4) is 0 Å². The number of alkyl halides is 3. The fourth-order valence-corrected chi connectivity index (χ4v) is 4.01. The Kier molecular flexibility index (Phi) is 8.24. The summed E-state index contributed by atoms with van der Waals surface area (Å²) >= 11 is 0. The van der Waals surface area contributed by atoms with Crippen LogP contribution in [0.1, 0.15) is 33.9 Å². The molecule has 1 aromatic carbocycles. The molecular formula is C24H30F3N3O4. The van der Waals surface area contributed by atoms with Crippen LogP contribution in [0.3, 0.4) is 0 Å². The van der Waals surface area contributed by atoms with Gasteiger partial charge in [0.2, 0.25) is 5.91 Å². The van der Waals surface area contributed by atoms with Crippen LogP contribution in [0.25, 0.3) is 0 Å². The molecule has 1 aliphatic rings. The second kappa shape index (κ2) is 10.9. The van der Waals surface area contributed by atoms with E-state index in [2.05, 4.69) is 0 Å². The number of hydrogen-bond acceptors (Lipinski definition) is 5. The second-order valence-electron chi connectivity index (χ2n) is 8.28. The summed E-state index contributed by atoms with van der Waals surface area (Å²) in [6, 6.07) is 6.91. The van der Waals surface area contributed by atoms with Gasteiger partial charge in [-0.05, 0) is 38.1 Å². The topological polar surface area (TPSA) is 66.2 Å². The number of nitrogens with zero attached hydrogens (tertiary/aromatic N) is 3. The third-order valence-corrected chi connectivity index (χ3v) is 5.89. The van der Waals surface area contributed by atoms with Crippen molar-refractivity contribution in [2.45, 2.75) is 26.4 Å². The zero-order chi connectivity index (χ0) is 24.9. The van der Waals surface area contributed by atoms with Crippen molar-refractivity contribution in [1.82, 2.24) is 9.80 Å². The van der Waals surface area contributed by atoms with Crippen LogP contribution in [0.5, 0.6) is 0 Å². The maximum atomic E-state index is 13.0. The molecule has 1 aliphatic heterocycles. The lowest BCUT2D eigenvalue weighted by Gasteiger charge is -2.36. The van der Waals surface area contributed by atoms with E-state index in [0.717, 1.165) is 12.1 Å². The molecule has 34 heavy (non-hydrogen) atoms. The van der Waals surface area contributed by atoms with Gasteiger partial charge in [-0.2, -0.15) is 13.2 Å². The van der Waals surface area contributed by atoms with Gasteiger partial charge in [-0.15, -0.1) is 0 Å². The number of ether oxygens (including phenoxy) is 1. The molecule has 10 heteroatoms. The molecule has 0 bridgehead atoms. The number of halogens is 3. The van der Waals surface area contributed by atoms with E-state index in [1.54, 1.807) is 42.9 Å².